The van der Waals surface area contributed by atoms with Crippen LogP contribution in [-0.2, 0) is 19.1 Å². The molecule has 1 heterocycles. The lowest BCUT2D eigenvalue weighted by Gasteiger charge is -2.22. The number of hydrogen-bond acceptors (Lipinski definition) is 5. The standard InChI is InChI=1S/C25H26N2O6/c1-2-7-21(23(28)26-20-12-13-32-22(20)24(29)30)27-25(31)33-14-19-17-10-5-3-8-15(17)16-9-4-6-11-18(16)19/h2-6,8-11,19-22H,1,7,12-14H2,(H,26,28)(H,27,31)(H,29,30)/t20-,21?,22+/m0/s1. The van der Waals surface area contributed by atoms with Crippen LogP contribution >= 0.6 is 0 Å². The molecule has 1 unspecified atom stereocenters. The van der Waals surface area contributed by atoms with Crippen LogP contribution in [0.4, 0.5) is 4.79 Å². The van der Waals surface area contributed by atoms with Crippen LogP contribution in [0.2, 0.25) is 0 Å². The van der Waals surface area contributed by atoms with Crippen molar-refractivity contribution in [3.63, 3.8) is 0 Å². The number of nitrogens with one attached hydrogen (secondary N) is 2. The van der Waals surface area contributed by atoms with Gasteiger partial charge in [0.15, 0.2) is 6.10 Å². The maximum Gasteiger partial charge on any atom is 0.407 e. The van der Waals surface area contributed by atoms with E-state index >= 15 is 0 Å². The fourth-order valence-electron chi connectivity index (χ4n) is 4.44. The molecule has 0 bridgehead atoms. The van der Waals surface area contributed by atoms with Gasteiger partial charge in [0.1, 0.15) is 12.6 Å². The van der Waals surface area contributed by atoms with E-state index in [0.29, 0.717) is 6.42 Å². The zero-order valence-corrected chi connectivity index (χ0v) is 18.0. The van der Waals surface area contributed by atoms with Gasteiger partial charge >= 0.3 is 12.1 Å². The van der Waals surface area contributed by atoms with E-state index in [4.69, 9.17) is 9.47 Å². The first-order valence-electron chi connectivity index (χ1n) is 10.9. The molecule has 1 aliphatic heterocycles. The first kappa shape index (κ1) is 22.5. The second kappa shape index (κ2) is 9.87. The highest BCUT2D eigenvalue weighted by molar-refractivity contribution is 5.87. The van der Waals surface area contributed by atoms with E-state index in [2.05, 4.69) is 29.3 Å². The molecule has 0 aromatic heterocycles. The molecule has 2 aromatic rings. The van der Waals surface area contributed by atoms with Crippen molar-refractivity contribution < 1.29 is 29.0 Å². The van der Waals surface area contributed by atoms with E-state index in [1.165, 1.54) is 6.08 Å². The van der Waals surface area contributed by atoms with Gasteiger partial charge in [0, 0.05) is 12.5 Å². The van der Waals surface area contributed by atoms with E-state index in [-0.39, 0.29) is 25.6 Å². The summed E-state index contributed by atoms with van der Waals surface area (Å²) in [6.45, 7) is 4.00. The van der Waals surface area contributed by atoms with Crippen molar-refractivity contribution in [3.8, 4) is 11.1 Å². The summed E-state index contributed by atoms with van der Waals surface area (Å²) < 4.78 is 10.7. The monoisotopic (exact) mass is 450 g/mol. The molecule has 0 spiro atoms. The number of carbonyl (C=O) groups is 3. The molecule has 172 valence electrons. The number of carboxylic acid groups (broad SMARTS) is 1. The van der Waals surface area contributed by atoms with E-state index < -0.39 is 36.2 Å². The van der Waals surface area contributed by atoms with Crippen molar-refractivity contribution in [2.45, 2.75) is 36.9 Å². The van der Waals surface area contributed by atoms with Crippen LogP contribution in [0.25, 0.3) is 11.1 Å². The van der Waals surface area contributed by atoms with E-state index in [1.54, 1.807) is 0 Å². The number of ether oxygens (including phenoxy) is 2. The summed E-state index contributed by atoms with van der Waals surface area (Å²) in [4.78, 5) is 36.5. The second-order valence-corrected chi connectivity index (χ2v) is 8.08. The highest BCUT2D eigenvalue weighted by atomic mass is 16.5. The largest absolute Gasteiger partial charge is 0.479 e. The summed E-state index contributed by atoms with van der Waals surface area (Å²) in [5.41, 5.74) is 4.43. The SMILES string of the molecule is C=CCC(NC(=O)OCC1c2ccccc2-c2ccccc21)C(=O)N[C@H]1CCO[C@H]1C(=O)O. The number of rotatable bonds is 8. The van der Waals surface area contributed by atoms with Crippen LogP contribution in [0.3, 0.4) is 0 Å². The Kier molecular flexibility index (Phi) is 6.74. The molecule has 1 saturated heterocycles. The van der Waals surface area contributed by atoms with Crippen LogP contribution < -0.4 is 10.6 Å². The average Bonchev–Trinajstić information content (AvgIpc) is 3.40. The highest BCUT2D eigenvalue weighted by Crippen LogP contribution is 2.44. The Bertz CT molecular complexity index is 1020. The van der Waals surface area contributed by atoms with Gasteiger partial charge in [0.2, 0.25) is 5.91 Å². The van der Waals surface area contributed by atoms with Gasteiger partial charge in [-0.15, -0.1) is 6.58 Å². The zero-order chi connectivity index (χ0) is 23.4. The van der Waals surface area contributed by atoms with Crippen molar-refractivity contribution in [2.24, 2.45) is 0 Å². The summed E-state index contributed by atoms with van der Waals surface area (Å²) in [7, 11) is 0. The number of fused-ring (bicyclic) bond motifs is 3. The summed E-state index contributed by atoms with van der Waals surface area (Å²) in [6.07, 6.45) is 0.230. The van der Waals surface area contributed by atoms with Gasteiger partial charge < -0.3 is 25.2 Å². The maximum absolute atomic E-state index is 12.7. The number of aliphatic carboxylic acids is 1. The predicted molar refractivity (Wildman–Crippen MR) is 121 cm³/mol. The van der Waals surface area contributed by atoms with Crippen molar-refractivity contribution >= 4 is 18.0 Å². The number of carboxylic acids is 1. The van der Waals surface area contributed by atoms with Crippen molar-refractivity contribution in [1.29, 1.82) is 0 Å². The Hall–Kier alpha value is -3.65. The second-order valence-electron chi connectivity index (χ2n) is 8.08. The fourth-order valence-corrected chi connectivity index (χ4v) is 4.44. The quantitative estimate of drug-likeness (QED) is 0.533. The summed E-state index contributed by atoms with van der Waals surface area (Å²) >= 11 is 0. The Morgan fingerprint density at radius 1 is 1.12 bits per heavy atom. The Morgan fingerprint density at radius 3 is 2.36 bits per heavy atom. The molecular formula is C25H26N2O6. The summed E-state index contributed by atoms with van der Waals surface area (Å²) in [5.74, 6) is -1.74. The van der Waals surface area contributed by atoms with Crippen molar-refractivity contribution in [3.05, 3.63) is 72.3 Å². The molecule has 2 aliphatic rings. The molecule has 4 rings (SSSR count). The van der Waals surface area contributed by atoms with Gasteiger partial charge in [0.05, 0.1) is 6.04 Å². The van der Waals surface area contributed by atoms with Gasteiger partial charge in [-0.2, -0.15) is 0 Å². The summed E-state index contributed by atoms with van der Waals surface area (Å²) in [6, 6.07) is 14.4. The molecule has 0 radical (unpaired) electrons. The fraction of sp³-hybridized carbons (Fsp3) is 0.320. The number of carbonyl (C=O) groups excluding carboxylic acids is 2. The van der Waals surface area contributed by atoms with Crippen LogP contribution in [0.15, 0.2) is 61.2 Å². The van der Waals surface area contributed by atoms with Crippen LogP contribution in [0, 0.1) is 0 Å². The van der Waals surface area contributed by atoms with Gasteiger partial charge in [-0.25, -0.2) is 9.59 Å². The van der Waals surface area contributed by atoms with Crippen LogP contribution in [0.5, 0.6) is 0 Å². The van der Waals surface area contributed by atoms with Gasteiger partial charge in [0.25, 0.3) is 0 Å². The highest BCUT2D eigenvalue weighted by Gasteiger charge is 2.36. The number of hydrogen-bond donors (Lipinski definition) is 3. The minimum absolute atomic E-state index is 0.0956. The zero-order valence-electron chi connectivity index (χ0n) is 18.0. The van der Waals surface area contributed by atoms with E-state index in [0.717, 1.165) is 22.3 Å². The number of benzene rings is 2. The first-order valence-corrected chi connectivity index (χ1v) is 10.9. The Balaban J connectivity index is 1.38. The molecule has 33 heavy (non-hydrogen) atoms. The minimum Gasteiger partial charge on any atom is -0.479 e. The predicted octanol–water partition coefficient (Wildman–Crippen LogP) is 2.83. The van der Waals surface area contributed by atoms with E-state index in [1.807, 2.05) is 36.4 Å². The third-order valence-electron chi connectivity index (χ3n) is 6.02. The van der Waals surface area contributed by atoms with Crippen LogP contribution in [-0.4, -0.2) is 54.5 Å². The molecule has 0 saturated carbocycles. The molecular weight excluding hydrogens is 424 g/mol. The van der Waals surface area contributed by atoms with Gasteiger partial charge in [-0.1, -0.05) is 54.6 Å². The van der Waals surface area contributed by atoms with E-state index in [9.17, 15) is 19.5 Å². The smallest absolute Gasteiger partial charge is 0.407 e. The molecule has 3 atom stereocenters. The Morgan fingerprint density at radius 2 is 1.76 bits per heavy atom. The van der Waals surface area contributed by atoms with Crippen LogP contribution in [0.1, 0.15) is 29.9 Å². The Labute approximate surface area is 191 Å². The van der Waals surface area contributed by atoms with Crippen molar-refractivity contribution in [1.82, 2.24) is 10.6 Å². The molecule has 8 nitrogen and oxygen atoms in total. The lowest BCUT2D eigenvalue weighted by Crippen LogP contribution is -2.52. The number of amides is 2. The lowest BCUT2D eigenvalue weighted by atomic mass is 9.98. The molecule has 1 fully saturated rings. The molecule has 8 heteroatoms. The van der Waals surface area contributed by atoms with Crippen molar-refractivity contribution in [2.75, 3.05) is 13.2 Å². The molecule has 3 N–H and O–H groups in total. The minimum atomic E-state index is -1.14. The summed E-state index contributed by atoms with van der Waals surface area (Å²) in [5, 5.41) is 14.5. The van der Waals surface area contributed by atoms with Gasteiger partial charge in [-0.3, -0.25) is 4.79 Å². The van der Waals surface area contributed by atoms with Gasteiger partial charge in [-0.05, 0) is 35.1 Å². The first-order chi connectivity index (χ1) is 16.0. The third kappa shape index (κ3) is 4.75. The average molecular weight is 450 g/mol. The molecule has 2 aromatic carbocycles. The number of alkyl carbamates (subject to hydrolysis) is 1. The topological polar surface area (TPSA) is 114 Å². The molecule has 2 amide bonds. The lowest BCUT2D eigenvalue weighted by molar-refractivity contribution is -0.148. The normalized spacial score (nSPS) is 19.8. The maximum atomic E-state index is 12.7. The molecule has 1 aliphatic carbocycles. The third-order valence-corrected chi connectivity index (χ3v) is 6.02.